The maximum atomic E-state index is 13.5. The number of halogens is 1. The van der Waals surface area contributed by atoms with E-state index < -0.39 is 0 Å². The minimum atomic E-state index is -0.328. The van der Waals surface area contributed by atoms with Gasteiger partial charge in [-0.1, -0.05) is 17.3 Å². The molecule has 2 aromatic carbocycles. The van der Waals surface area contributed by atoms with Crippen molar-refractivity contribution in [1.29, 1.82) is 0 Å². The molecule has 1 atom stereocenters. The number of amides is 1. The van der Waals surface area contributed by atoms with Crippen LogP contribution in [0.1, 0.15) is 19.8 Å². The molecule has 1 aliphatic heterocycles. The van der Waals surface area contributed by atoms with E-state index in [0.29, 0.717) is 47.1 Å². The number of hydrogen-bond acceptors (Lipinski definition) is 7. The summed E-state index contributed by atoms with van der Waals surface area (Å²) in [6.45, 7) is 3.68. The molecule has 4 aromatic rings. The Balaban J connectivity index is 1.43. The Kier molecular flexibility index (Phi) is 6.31. The van der Waals surface area contributed by atoms with Gasteiger partial charge in [-0.05, 0) is 56.2 Å². The summed E-state index contributed by atoms with van der Waals surface area (Å²) < 4.78 is 24.7. The van der Waals surface area contributed by atoms with Crippen LogP contribution in [-0.2, 0) is 4.79 Å². The third-order valence-corrected chi connectivity index (χ3v) is 6.30. The fraction of sp³-hybridized carbons (Fsp3) is 0.308. The van der Waals surface area contributed by atoms with Crippen LogP contribution in [0.3, 0.4) is 0 Å². The van der Waals surface area contributed by atoms with Crippen LogP contribution < -0.4 is 14.5 Å². The second-order valence-electron chi connectivity index (χ2n) is 8.50. The molecule has 1 aliphatic rings. The Morgan fingerprint density at radius 2 is 2.00 bits per heavy atom. The summed E-state index contributed by atoms with van der Waals surface area (Å²) in [6.07, 6.45) is 3.05. The Labute approximate surface area is 202 Å². The van der Waals surface area contributed by atoms with Gasteiger partial charge in [-0.3, -0.25) is 4.79 Å². The largest absolute Gasteiger partial charge is 0.492 e. The maximum Gasteiger partial charge on any atom is 0.263 e. The molecule has 0 aliphatic carbocycles. The van der Waals surface area contributed by atoms with Gasteiger partial charge in [0, 0.05) is 25.7 Å². The van der Waals surface area contributed by atoms with Crippen molar-refractivity contribution in [3.8, 4) is 17.0 Å². The van der Waals surface area contributed by atoms with Crippen LogP contribution >= 0.6 is 0 Å². The minimum Gasteiger partial charge on any atom is -0.492 e. The monoisotopic (exact) mass is 475 g/mol. The van der Waals surface area contributed by atoms with Gasteiger partial charge in [0.15, 0.2) is 0 Å². The van der Waals surface area contributed by atoms with E-state index in [9.17, 15) is 9.18 Å². The summed E-state index contributed by atoms with van der Waals surface area (Å²) in [5, 5.41) is 4.84. The summed E-state index contributed by atoms with van der Waals surface area (Å²) >= 11 is 0. The number of aromatic nitrogens is 3. The zero-order valence-electron chi connectivity index (χ0n) is 19.6. The highest BCUT2D eigenvalue weighted by molar-refractivity contribution is 5.99. The smallest absolute Gasteiger partial charge is 0.263 e. The van der Waals surface area contributed by atoms with Gasteiger partial charge in [-0.2, -0.15) is 4.98 Å². The predicted molar refractivity (Wildman–Crippen MR) is 131 cm³/mol. The van der Waals surface area contributed by atoms with Crippen molar-refractivity contribution in [2.24, 2.45) is 5.92 Å². The topological polar surface area (TPSA) is 84.6 Å². The Morgan fingerprint density at radius 3 is 2.80 bits per heavy atom. The Morgan fingerprint density at radius 1 is 1.20 bits per heavy atom. The summed E-state index contributed by atoms with van der Waals surface area (Å²) in [5.74, 6) is 0.819. The van der Waals surface area contributed by atoms with Crippen molar-refractivity contribution >= 4 is 28.5 Å². The van der Waals surface area contributed by atoms with Crippen molar-refractivity contribution in [3.05, 3.63) is 60.7 Å². The highest BCUT2D eigenvalue weighted by Crippen LogP contribution is 2.36. The molecule has 0 spiro atoms. The van der Waals surface area contributed by atoms with E-state index in [4.69, 9.17) is 9.26 Å². The third kappa shape index (κ3) is 4.41. The first-order valence-electron chi connectivity index (χ1n) is 11.7. The van der Waals surface area contributed by atoms with E-state index in [1.165, 1.54) is 18.5 Å². The average Bonchev–Trinajstić information content (AvgIpc) is 3.33. The van der Waals surface area contributed by atoms with E-state index >= 15 is 0 Å². The van der Waals surface area contributed by atoms with Crippen LogP contribution in [0, 0.1) is 11.7 Å². The molecule has 0 saturated carbocycles. The molecule has 2 aromatic heterocycles. The number of piperidine rings is 1. The SMILES string of the molecule is CCOc1ccccc1N(C)C(=O)[C@H]1CCCN(c2ncnc3onc(-c4ccc(F)cc4)c23)C1. The molecular weight excluding hydrogens is 449 g/mol. The first kappa shape index (κ1) is 22.8. The number of carbonyl (C=O) groups is 1. The van der Waals surface area contributed by atoms with Gasteiger partial charge in [0.05, 0.1) is 18.2 Å². The van der Waals surface area contributed by atoms with Crippen LogP contribution in [0.5, 0.6) is 5.75 Å². The van der Waals surface area contributed by atoms with Crippen LogP contribution in [0.2, 0.25) is 0 Å². The van der Waals surface area contributed by atoms with Crippen molar-refractivity contribution < 1.29 is 18.4 Å². The van der Waals surface area contributed by atoms with Crippen LogP contribution in [-0.4, -0.2) is 47.8 Å². The van der Waals surface area contributed by atoms with Gasteiger partial charge < -0.3 is 19.1 Å². The molecule has 1 saturated heterocycles. The zero-order chi connectivity index (χ0) is 24.4. The van der Waals surface area contributed by atoms with E-state index in [2.05, 4.69) is 20.0 Å². The van der Waals surface area contributed by atoms with Gasteiger partial charge in [-0.15, -0.1) is 0 Å². The lowest BCUT2D eigenvalue weighted by atomic mass is 9.96. The Hall–Kier alpha value is -4.01. The number of rotatable bonds is 6. The molecule has 0 unspecified atom stereocenters. The van der Waals surface area contributed by atoms with E-state index in [-0.39, 0.29) is 17.6 Å². The van der Waals surface area contributed by atoms with E-state index in [1.54, 1.807) is 24.1 Å². The number of hydrogen-bond donors (Lipinski definition) is 0. The fourth-order valence-electron chi connectivity index (χ4n) is 4.59. The van der Waals surface area contributed by atoms with Gasteiger partial charge in [0.25, 0.3) is 5.71 Å². The molecule has 0 bridgehead atoms. The molecule has 5 rings (SSSR count). The zero-order valence-corrected chi connectivity index (χ0v) is 19.6. The third-order valence-electron chi connectivity index (χ3n) is 6.30. The first-order valence-corrected chi connectivity index (χ1v) is 11.7. The lowest BCUT2D eigenvalue weighted by Crippen LogP contribution is -2.44. The summed E-state index contributed by atoms with van der Waals surface area (Å²) in [7, 11) is 1.79. The standard InChI is InChI=1S/C26H26FN5O3/c1-3-34-21-9-5-4-8-20(21)31(2)26(33)18-7-6-14-32(15-18)24-22-23(17-10-12-19(27)13-11-17)30-35-25(22)29-16-28-24/h4-5,8-13,16,18H,3,6-7,14-15H2,1-2H3/t18-/m0/s1. The average molecular weight is 476 g/mol. The normalized spacial score (nSPS) is 15.9. The molecular formula is C26H26FN5O3. The van der Waals surface area contributed by atoms with Gasteiger partial charge in [0.1, 0.15) is 34.8 Å². The van der Waals surface area contributed by atoms with Crippen molar-refractivity contribution in [2.75, 3.05) is 36.5 Å². The molecule has 3 heterocycles. The summed E-state index contributed by atoms with van der Waals surface area (Å²) in [6, 6.07) is 13.6. The number of nitrogens with zero attached hydrogens (tertiary/aromatic N) is 5. The van der Waals surface area contributed by atoms with Crippen molar-refractivity contribution in [2.45, 2.75) is 19.8 Å². The summed E-state index contributed by atoms with van der Waals surface area (Å²) in [5.41, 5.74) is 2.36. The minimum absolute atomic E-state index is 0.0243. The van der Waals surface area contributed by atoms with Gasteiger partial charge >= 0.3 is 0 Å². The fourth-order valence-corrected chi connectivity index (χ4v) is 4.59. The van der Waals surface area contributed by atoms with Crippen LogP contribution in [0.25, 0.3) is 22.4 Å². The highest BCUT2D eigenvalue weighted by atomic mass is 19.1. The van der Waals surface area contributed by atoms with Crippen LogP contribution in [0.15, 0.2) is 59.4 Å². The molecule has 1 fully saturated rings. The molecule has 35 heavy (non-hydrogen) atoms. The maximum absolute atomic E-state index is 13.5. The number of ether oxygens (including phenoxy) is 1. The number of benzene rings is 2. The molecule has 0 N–H and O–H groups in total. The highest BCUT2D eigenvalue weighted by Gasteiger charge is 2.32. The molecule has 9 heteroatoms. The lowest BCUT2D eigenvalue weighted by molar-refractivity contribution is -0.122. The number of anilines is 2. The molecule has 0 radical (unpaired) electrons. The quantitative estimate of drug-likeness (QED) is 0.400. The molecule has 1 amide bonds. The second-order valence-corrected chi connectivity index (χ2v) is 8.50. The van der Waals surface area contributed by atoms with Gasteiger partial charge in [-0.25, -0.2) is 9.37 Å². The predicted octanol–water partition coefficient (Wildman–Crippen LogP) is 4.70. The van der Waals surface area contributed by atoms with E-state index in [1.807, 2.05) is 31.2 Å². The summed E-state index contributed by atoms with van der Waals surface area (Å²) in [4.78, 5) is 26.0. The number of carbonyl (C=O) groups excluding carboxylic acids is 1. The van der Waals surface area contributed by atoms with Gasteiger partial charge in [0.2, 0.25) is 5.91 Å². The number of para-hydroxylation sites is 2. The lowest BCUT2D eigenvalue weighted by Gasteiger charge is -2.35. The molecule has 8 nitrogen and oxygen atoms in total. The number of fused-ring (bicyclic) bond motifs is 1. The van der Waals surface area contributed by atoms with Crippen molar-refractivity contribution in [1.82, 2.24) is 15.1 Å². The second kappa shape index (κ2) is 9.69. The van der Waals surface area contributed by atoms with E-state index in [0.717, 1.165) is 25.1 Å². The van der Waals surface area contributed by atoms with Crippen LogP contribution in [0.4, 0.5) is 15.9 Å². The first-order chi connectivity index (χ1) is 17.1. The van der Waals surface area contributed by atoms with Crippen molar-refractivity contribution in [3.63, 3.8) is 0 Å². The Bertz CT molecular complexity index is 1340. The molecule has 180 valence electrons.